The van der Waals surface area contributed by atoms with Gasteiger partial charge in [0.2, 0.25) is 0 Å². The van der Waals surface area contributed by atoms with Crippen LogP contribution in [0, 0.1) is 6.92 Å². The van der Waals surface area contributed by atoms with Crippen molar-refractivity contribution >= 4 is 0 Å². The molecule has 1 saturated carbocycles. The van der Waals surface area contributed by atoms with Gasteiger partial charge in [-0.1, -0.05) is 12.1 Å². The van der Waals surface area contributed by atoms with Crippen LogP contribution in [0.4, 0.5) is 0 Å². The minimum atomic E-state index is 0.338. The van der Waals surface area contributed by atoms with Gasteiger partial charge in [-0.3, -0.25) is 0 Å². The minimum Gasteiger partial charge on any atom is -0.508 e. The van der Waals surface area contributed by atoms with E-state index in [1.54, 1.807) is 19.2 Å². The van der Waals surface area contributed by atoms with Gasteiger partial charge in [0.25, 0.3) is 0 Å². The Hall–Kier alpha value is -1.02. The van der Waals surface area contributed by atoms with Crippen LogP contribution in [0.25, 0.3) is 0 Å². The van der Waals surface area contributed by atoms with Crippen LogP contribution in [0.2, 0.25) is 0 Å². The van der Waals surface area contributed by atoms with Gasteiger partial charge < -0.3 is 9.84 Å². The number of phenolic OH excluding ortho intramolecular Hbond substituents is 1. The minimum absolute atomic E-state index is 0.338. The SMILES string of the molecule is COC1CCC1.Cc1cccc(O)c1. The molecule has 0 amide bonds. The number of hydrogen-bond donors (Lipinski definition) is 1. The molecule has 0 unspecified atom stereocenters. The van der Waals surface area contributed by atoms with Gasteiger partial charge in [0, 0.05) is 7.11 Å². The van der Waals surface area contributed by atoms with Crippen molar-refractivity contribution in [3.8, 4) is 5.75 Å². The zero-order valence-electron chi connectivity index (χ0n) is 8.86. The van der Waals surface area contributed by atoms with Crippen molar-refractivity contribution in [1.29, 1.82) is 0 Å². The summed E-state index contributed by atoms with van der Waals surface area (Å²) in [4.78, 5) is 0. The Kier molecular flexibility index (Phi) is 4.47. The van der Waals surface area contributed by atoms with E-state index in [9.17, 15) is 0 Å². The van der Waals surface area contributed by atoms with E-state index < -0.39 is 0 Å². The van der Waals surface area contributed by atoms with Gasteiger partial charge in [0.15, 0.2) is 0 Å². The first-order chi connectivity index (χ1) is 6.72. The van der Waals surface area contributed by atoms with Gasteiger partial charge in [0.05, 0.1) is 6.10 Å². The van der Waals surface area contributed by atoms with Crippen LogP contribution in [0.15, 0.2) is 24.3 Å². The molecule has 0 radical (unpaired) electrons. The fourth-order valence-electron chi connectivity index (χ4n) is 1.23. The lowest BCUT2D eigenvalue weighted by Crippen LogP contribution is -2.18. The molecule has 1 N–H and O–H groups in total. The molecule has 2 nitrogen and oxygen atoms in total. The Morgan fingerprint density at radius 2 is 2.07 bits per heavy atom. The van der Waals surface area contributed by atoms with Gasteiger partial charge in [-0.2, -0.15) is 0 Å². The Bertz CT molecular complexity index is 247. The predicted octanol–water partition coefficient (Wildman–Crippen LogP) is 2.89. The van der Waals surface area contributed by atoms with E-state index in [4.69, 9.17) is 9.84 Å². The molecule has 1 aromatic rings. The van der Waals surface area contributed by atoms with E-state index in [1.165, 1.54) is 19.3 Å². The molecule has 1 aliphatic carbocycles. The van der Waals surface area contributed by atoms with E-state index >= 15 is 0 Å². The molecule has 14 heavy (non-hydrogen) atoms. The first kappa shape index (κ1) is 11.1. The summed E-state index contributed by atoms with van der Waals surface area (Å²) in [5.74, 6) is 0.338. The fourth-order valence-corrected chi connectivity index (χ4v) is 1.23. The Labute approximate surface area is 85.5 Å². The second-order valence-electron chi connectivity index (χ2n) is 3.63. The molecule has 0 atom stereocenters. The molecule has 1 aromatic carbocycles. The second kappa shape index (κ2) is 5.66. The molecule has 0 heterocycles. The number of hydrogen-bond acceptors (Lipinski definition) is 2. The maximum atomic E-state index is 8.81. The molecule has 1 aliphatic rings. The summed E-state index contributed by atoms with van der Waals surface area (Å²) in [5.41, 5.74) is 1.09. The third-order valence-electron chi connectivity index (χ3n) is 2.39. The second-order valence-corrected chi connectivity index (χ2v) is 3.63. The summed E-state index contributed by atoms with van der Waals surface area (Å²) in [6.45, 7) is 1.94. The topological polar surface area (TPSA) is 29.5 Å². The Balaban J connectivity index is 0.000000146. The smallest absolute Gasteiger partial charge is 0.115 e. The van der Waals surface area contributed by atoms with Crippen LogP contribution in [-0.4, -0.2) is 18.3 Å². The number of methoxy groups -OCH3 is 1. The number of benzene rings is 1. The maximum Gasteiger partial charge on any atom is 0.115 e. The molecule has 2 heteroatoms. The standard InChI is InChI=1S/C7H8O.C5H10O/c1-6-3-2-4-7(8)5-6;1-6-5-3-2-4-5/h2-5,8H,1H3;5H,2-4H2,1H3. The molecule has 1 fully saturated rings. The number of phenols is 1. The Morgan fingerprint density at radius 3 is 2.29 bits per heavy atom. The highest BCUT2D eigenvalue weighted by Gasteiger charge is 2.14. The van der Waals surface area contributed by atoms with Crippen molar-refractivity contribution in [2.75, 3.05) is 7.11 Å². The zero-order valence-corrected chi connectivity index (χ0v) is 8.86. The molecule has 0 aliphatic heterocycles. The largest absolute Gasteiger partial charge is 0.508 e. The summed E-state index contributed by atoms with van der Waals surface area (Å²) < 4.78 is 4.99. The molecular weight excluding hydrogens is 176 g/mol. The summed E-state index contributed by atoms with van der Waals surface area (Å²) >= 11 is 0. The highest BCUT2D eigenvalue weighted by Crippen LogP contribution is 2.20. The lowest BCUT2D eigenvalue weighted by Gasteiger charge is -2.22. The van der Waals surface area contributed by atoms with Gasteiger partial charge in [0.1, 0.15) is 5.75 Å². The van der Waals surface area contributed by atoms with Crippen LogP contribution in [-0.2, 0) is 4.74 Å². The first-order valence-corrected chi connectivity index (χ1v) is 5.01. The number of rotatable bonds is 1. The zero-order chi connectivity index (χ0) is 10.4. The average Bonchev–Trinajstić information content (AvgIpc) is 2.02. The predicted molar refractivity (Wildman–Crippen MR) is 57.5 cm³/mol. The van der Waals surface area contributed by atoms with Crippen molar-refractivity contribution in [1.82, 2.24) is 0 Å². The van der Waals surface area contributed by atoms with Crippen LogP contribution >= 0.6 is 0 Å². The van der Waals surface area contributed by atoms with E-state index in [0.29, 0.717) is 11.9 Å². The van der Waals surface area contributed by atoms with Crippen LogP contribution in [0.5, 0.6) is 5.75 Å². The molecule has 0 saturated heterocycles. The molecule has 78 valence electrons. The van der Waals surface area contributed by atoms with Crippen molar-refractivity contribution in [3.05, 3.63) is 29.8 Å². The monoisotopic (exact) mass is 194 g/mol. The molecule has 0 bridgehead atoms. The van der Waals surface area contributed by atoms with Crippen LogP contribution in [0.1, 0.15) is 24.8 Å². The average molecular weight is 194 g/mol. The summed E-state index contributed by atoms with van der Waals surface area (Å²) in [6.07, 6.45) is 4.57. The highest BCUT2D eigenvalue weighted by atomic mass is 16.5. The normalized spacial score (nSPS) is 15.3. The lowest BCUT2D eigenvalue weighted by atomic mass is 9.96. The number of ether oxygens (including phenoxy) is 1. The van der Waals surface area contributed by atoms with E-state index in [0.717, 1.165) is 5.56 Å². The van der Waals surface area contributed by atoms with Crippen LogP contribution < -0.4 is 0 Å². The third-order valence-corrected chi connectivity index (χ3v) is 2.39. The third kappa shape index (κ3) is 3.79. The molecule has 0 spiro atoms. The van der Waals surface area contributed by atoms with E-state index in [2.05, 4.69) is 0 Å². The summed E-state index contributed by atoms with van der Waals surface area (Å²) in [7, 11) is 1.78. The van der Waals surface area contributed by atoms with Gasteiger partial charge in [-0.15, -0.1) is 0 Å². The quantitative estimate of drug-likeness (QED) is 0.744. The Morgan fingerprint density at radius 1 is 1.36 bits per heavy atom. The van der Waals surface area contributed by atoms with E-state index in [-0.39, 0.29) is 0 Å². The van der Waals surface area contributed by atoms with Crippen molar-refractivity contribution in [2.45, 2.75) is 32.3 Å². The first-order valence-electron chi connectivity index (χ1n) is 5.01. The van der Waals surface area contributed by atoms with Crippen molar-refractivity contribution in [2.24, 2.45) is 0 Å². The lowest BCUT2D eigenvalue weighted by molar-refractivity contribution is 0.0412. The fraction of sp³-hybridized carbons (Fsp3) is 0.500. The van der Waals surface area contributed by atoms with Crippen molar-refractivity contribution in [3.63, 3.8) is 0 Å². The summed E-state index contributed by atoms with van der Waals surface area (Å²) in [6, 6.07) is 7.15. The van der Waals surface area contributed by atoms with Gasteiger partial charge in [-0.25, -0.2) is 0 Å². The number of aromatic hydroxyl groups is 1. The molecule has 2 rings (SSSR count). The highest BCUT2D eigenvalue weighted by molar-refractivity contribution is 5.25. The maximum absolute atomic E-state index is 8.81. The number of aryl methyl sites for hydroxylation is 1. The molecular formula is C12H18O2. The van der Waals surface area contributed by atoms with Crippen LogP contribution in [0.3, 0.4) is 0 Å². The van der Waals surface area contributed by atoms with E-state index in [1.807, 2.05) is 19.1 Å². The van der Waals surface area contributed by atoms with Gasteiger partial charge >= 0.3 is 0 Å². The molecule has 0 aromatic heterocycles. The van der Waals surface area contributed by atoms with Gasteiger partial charge in [-0.05, 0) is 43.9 Å². The van der Waals surface area contributed by atoms with Crippen molar-refractivity contribution < 1.29 is 9.84 Å². The summed E-state index contributed by atoms with van der Waals surface area (Å²) in [5, 5.41) is 8.81.